The number of rotatable bonds is 7. The summed E-state index contributed by atoms with van der Waals surface area (Å²) in [5.74, 6) is 0. The van der Waals surface area contributed by atoms with Crippen molar-refractivity contribution >= 4 is 11.4 Å². The molecule has 4 nitrogen and oxygen atoms in total. The minimum Gasteiger partial charge on any atom is -0.385 e. The van der Waals surface area contributed by atoms with Crippen molar-refractivity contribution in [3.63, 3.8) is 0 Å². The molecule has 2 rings (SSSR count). The number of nitrogens with two attached hydrogens (primary N) is 1. The molecule has 0 atom stereocenters. The lowest BCUT2D eigenvalue weighted by molar-refractivity contribution is 0.258. The number of nitrogens with one attached hydrogen (secondary N) is 1. The third kappa shape index (κ3) is 4.39. The number of nitrogens with zero attached hydrogens (tertiary/aromatic N) is 2. The van der Waals surface area contributed by atoms with Gasteiger partial charge in [0.1, 0.15) is 0 Å². The van der Waals surface area contributed by atoms with Gasteiger partial charge in [0, 0.05) is 44.1 Å². The first-order valence-corrected chi connectivity index (χ1v) is 7.85. The lowest BCUT2D eigenvalue weighted by Crippen LogP contribution is -2.46. The summed E-state index contributed by atoms with van der Waals surface area (Å²) in [7, 11) is 0. The zero-order chi connectivity index (χ0) is 14.2. The van der Waals surface area contributed by atoms with Crippen LogP contribution in [0.2, 0.25) is 0 Å². The zero-order valence-corrected chi connectivity index (χ0v) is 12.6. The predicted octanol–water partition coefficient (Wildman–Crippen LogP) is 1.98. The van der Waals surface area contributed by atoms with Gasteiger partial charge in [0.15, 0.2) is 0 Å². The Morgan fingerprint density at radius 2 is 1.80 bits per heavy atom. The van der Waals surface area contributed by atoms with Crippen LogP contribution < -0.4 is 16.0 Å². The fourth-order valence-electron chi connectivity index (χ4n) is 2.67. The second-order valence-corrected chi connectivity index (χ2v) is 5.44. The van der Waals surface area contributed by atoms with Crippen LogP contribution in [0.15, 0.2) is 24.3 Å². The highest BCUT2D eigenvalue weighted by atomic mass is 15.3. The Kier molecular flexibility index (Phi) is 6.15. The van der Waals surface area contributed by atoms with Gasteiger partial charge in [-0.2, -0.15) is 0 Å². The van der Waals surface area contributed by atoms with Crippen LogP contribution in [0, 0.1) is 0 Å². The van der Waals surface area contributed by atoms with Crippen LogP contribution in [0.25, 0.3) is 0 Å². The number of hydrogen-bond donors (Lipinski definition) is 2. The van der Waals surface area contributed by atoms with Crippen molar-refractivity contribution in [1.29, 1.82) is 0 Å². The monoisotopic (exact) mass is 276 g/mol. The summed E-state index contributed by atoms with van der Waals surface area (Å²) in [5, 5.41) is 3.39. The van der Waals surface area contributed by atoms with Crippen molar-refractivity contribution in [3.8, 4) is 0 Å². The first-order valence-electron chi connectivity index (χ1n) is 7.85. The van der Waals surface area contributed by atoms with E-state index in [1.54, 1.807) is 0 Å². The molecule has 0 unspecified atom stereocenters. The van der Waals surface area contributed by atoms with E-state index in [2.05, 4.69) is 46.3 Å². The number of hydrogen-bond acceptors (Lipinski definition) is 4. The zero-order valence-electron chi connectivity index (χ0n) is 12.6. The second-order valence-electron chi connectivity index (χ2n) is 5.44. The van der Waals surface area contributed by atoms with Crippen molar-refractivity contribution in [2.24, 2.45) is 5.73 Å². The van der Waals surface area contributed by atoms with E-state index in [-0.39, 0.29) is 0 Å². The van der Waals surface area contributed by atoms with Crippen LogP contribution in [0.4, 0.5) is 11.4 Å². The lowest BCUT2D eigenvalue weighted by atomic mass is 10.2. The molecule has 0 saturated carbocycles. The van der Waals surface area contributed by atoms with Crippen molar-refractivity contribution in [3.05, 3.63) is 24.3 Å². The average molecular weight is 276 g/mol. The highest BCUT2D eigenvalue weighted by Gasteiger charge is 2.16. The third-order valence-corrected chi connectivity index (χ3v) is 3.85. The average Bonchev–Trinajstić information content (AvgIpc) is 2.49. The summed E-state index contributed by atoms with van der Waals surface area (Å²) in [6, 6.07) is 8.79. The molecule has 1 saturated heterocycles. The molecule has 0 aromatic heterocycles. The van der Waals surface area contributed by atoms with Gasteiger partial charge in [0.2, 0.25) is 0 Å². The Labute approximate surface area is 122 Å². The van der Waals surface area contributed by atoms with Crippen LogP contribution in [0.3, 0.4) is 0 Å². The fraction of sp³-hybridized carbons (Fsp3) is 0.625. The van der Waals surface area contributed by atoms with Gasteiger partial charge in [-0.15, -0.1) is 0 Å². The third-order valence-electron chi connectivity index (χ3n) is 3.85. The van der Waals surface area contributed by atoms with Crippen LogP contribution in [0.1, 0.15) is 19.8 Å². The Balaban J connectivity index is 1.81. The highest BCUT2D eigenvalue weighted by molar-refractivity contribution is 5.55. The molecule has 0 amide bonds. The van der Waals surface area contributed by atoms with E-state index in [1.807, 2.05) is 0 Å². The first kappa shape index (κ1) is 15.1. The van der Waals surface area contributed by atoms with E-state index in [9.17, 15) is 0 Å². The topological polar surface area (TPSA) is 44.5 Å². The molecular weight excluding hydrogens is 248 g/mol. The van der Waals surface area contributed by atoms with Crippen LogP contribution in [0.5, 0.6) is 0 Å². The van der Waals surface area contributed by atoms with Gasteiger partial charge in [0.05, 0.1) is 0 Å². The molecule has 4 heteroatoms. The largest absolute Gasteiger partial charge is 0.385 e. The van der Waals surface area contributed by atoms with E-state index in [4.69, 9.17) is 5.73 Å². The number of benzene rings is 1. The van der Waals surface area contributed by atoms with Gasteiger partial charge in [0.25, 0.3) is 0 Å². The Morgan fingerprint density at radius 1 is 1.10 bits per heavy atom. The first-order chi connectivity index (χ1) is 9.83. The molecule has 1 fully saturated rings. The minimum atomic E-state index is 0.743. The molecule has 1 aromatic carbocycles. The summed E-state index contributed by atoms with van der Waals surface area (Å²) in [5.41, 5.74) is 8.02. The molecule has 1 aliphatic rings. The second kappa shape index (κ2) is 8.12. The predicted molar refractivity (Wildman–Crippen MR) is 87.5 cm³/mol. The molecule has 20 heavy (non-hydrogen) atoms. The smallest absolute Gasteiger partial charge is 0.0368 e. The quantitative estimate of drug-likeness (QED) is 0.748. The van der Waals surface area contributed by atoms with Gasteiger partial charge in [-0.3, -0.25) is 4.90 Å². The molecule has 1 aromatic rings. The molecule has 112 valence electrons. The van der Waals surface area contributed by atoms with Gasteiger partial charge < -0.3 is 16.0 Å². The van der Waals surface area contributed by atoms with Gasteiger partial charge in [-0.1, -0.05) is 6.92 Å². The maximum absolute atomic E-state index is 5.50. The van der Waals surface area contributed by atoms with E-state index >= 15 is 0 Å². The molecule has 0 spiro atoms. The Hall–Kier alpha value is -1.26. The van der Waals surface area contributed by atoms with Crippen LogP contribution in [-0.4, -0.2) is 50.7 Å². The maximum atomic E-state index is 5.50. The number of anilines is 2. The van der Waals surface area contributed by atoms with Gasteiger partial charge >= 0.3 is 0 Å². The van der Waals surface area contributed by atoms with Crippen molar-refractivity contribution < 1.29 is 0 Å². The van der Waals surface area contributed by atoms with E-state index in [0.29, 0.717) is 0 Å². The molecule has 0 bridgehead atoms. The molecule has 0 radical (unpaired) electrons. The summed E-state index contributed by atoms with van der Waals surface area (Å²) in [4.78, 5) is 5.04. The van der Waals surface area contributed by atoms with Gasteiger partial charge in [-0.05, 0) is 50.2 Å². The van der Waals surface area contributed by atoms with E-state index in [1.165, 1.54) is 37.4 Å². The molecule has 0 aliphatic carbocycles. The normalized spacial score (nSPS) is 16.4. The summed E-state index contributed by atoms with van der Waals surface area (Å²) in [6.45, 7) is 9.83. The fourth-order valence-corrected chi connectivity index (χ4v) is 2.67. The van der Waals surface area contributed by atoms with Crippen molar-refractivity contribution in [2.45, 2.75) is 19.8 Å². The van der Waals surface area contributed by atoms with Crippen LogP contribution in [-0.2, 0) is 0 Å². The maximum Gasteiger partial charge on any atom is 0.0368 e. The van der Waals surface area contributed by atoms with Crippen molar-refractivity contribution in [2.75, 3.05) is 56.0 Å². The summed E-state index contributed by atoms with van der Waals surface area (Å²) < 4.78 is 0. The lowest BCUT2D eigenvalue weighted by Gasteiger charge is -2.36. The summed E-state index contributed by atoms with van der Waals surface area (Å²) >= 11 is 0. The standard InChI is InChI=1S/C16H28N4/c1-2-10-19-11-13-20(14-12-19)16-6-4-15(5-7-16)18-9-3-8-17/h4-7,18H,2-3,8-14,17H2,1H3. The molecular formula is C16H28N4. The SMILES string of the molecule is CCCN1CCN(c2ccc(NCCCN)cc2)CC1. The van der Waals surface area contributed by atoms with Crippen LogP contribution >= 0.6 is 0 Å². The minimum absolute atomic E-state index is 0.743. The van der Waals surface area contributed by atoms with Gasteiger partial charge in [-0.25, -0.2) is 0 Å². The Morgan fingerprint density at radius 3 is 2.40 bits per heavy atom. The molecule has 1 aliphatic heterocycles. The summed E-state index contributed by atoms with van der Waals surface area (Å²) in [6.07, 6.45) is 2.27. The Bertz CT molecular complexity index is 369. The molecule has 1 heterocycles. The van der Waals surface area contributed by atoms with E-state index < -0.39 is 0 Å². The molecule has 3 N–H and O–H groups in total. The van der Waals surface area contributed by atoms with Crippen molar-refractivity contribution in [1.82, 2.24) is 4.90 Å². The van der Waals surface area contributed by atoms with E-state index in [0.717, 1.165) is 32.6 Å². The number of piperazine rings is 1. The highest BCUT2D eigenvalue weighted by Crippen LogP contribution is 2.19.